The van der Waals surface area contributed by atoms with Crippen molar-refractivity contribution in [1.82, 2.24) is 15.4 Å². The number of amides is 1. The molecule has 82 valence electrons. The van der Waals surface area contributed by atoms with Crippen LogP contribution in [0.5, 0.6) is 0 Å². The summed E-state index contributed by atoms with van der Waals surface area (Å²) in [6.45, 7) is 0. The molecule has 0 fully saturated rings. The molecule has 0 aliphatic rings. The molecule has 4 N–H and O–H groups in total. The van der Waals surface area contributed by atoms with E-state index in [0.717, 1.165) is 0 Å². The Morgan fingerprint density at radius 1 is 1.50 bits per heavy atom. The van der Waals surface area contributed by atoms with Gasteiger partial charge in [0.1, 0.15) is 0 Å². The van der Waals surface area contributed by atoms with Gasteiger partial charge in [-0.2, -0.15) is 15.4 Å². The normalized spacial score (nSPS) is 10.1. The summed E-state index contributed by atoms with van der Waals surface area (Å²) in [5, 5.41) is 12.6. The number of nitrogen functional groups attached to an aromatic ring is 1. The van der Waals surface area contributed by atoms with Gasteiger partial charge in [0.2, 0.25) is 0 Å². The first-order valence-corrected chi connectivity index (χ1v) is 4.77. The van der Waals surface area contributed by atoms with E-state index in [2.05, 4.69) is 20.7 Å². The van der Waals surface area contributed by atoms with Crippen LogP contribution in [0, 0.1) is 0 Å². The number of halogens is 1. The largest absolute Gasteiger partial charge is 0.397 e. The van der Waals surface area contributed by atoms with Gasteiger partial charge in [-0.25, -0.2) is 0 Å². The summed E-state index contributed by atoms with van der Waals surface area (Å²) in [7, 11) is 0. The van der Waals surface area contributed by atoms with Gasteiger partial charge in [-0.15, -0.1) is 0 Å². The van der Waals surface area contributed by atoms with Crippen molar-refractivity contribution in [3.05, 3.63) is 35.1 Å². The van der Waals surface area contributed by atoms with Gasteiger partial charge in [0.15, 0.2) is 5.69 Å². The highest BCUT2D eigenvalue weighted by molar-refractivity contribution is 6.31. The molecule has 16 heavy (non-hydrogen) atoms. The second kappa shape index (κ2) is 4.19. The van der Waals surface area contributed by atoms with Gasteiger partial charge in [0.25, 0.3) is 5.91 Å². The number of benzene rings is 1. The first-order valence-electron chi connectivity index (χ1n) is 4.39. The van der Waals surface area contributed by atoms with E-state index in [-0.39, 0.29) is 5.69 Å². The molecule has 0 aliphatic carbocycles. The summed E-state index contributed by atoms with van der Waals surface area (Å²) in [4.78, 5) is 11.6. The number of nitrogens with zero attached hydrogens (tertiary/aromatic N) is 2. The summed E-state index contributed by atoms with van der Waals surface area (Å²) < 4.78 is 0. The smallest absolute Gasteiger partial charge is 0.277 e. The van der Waals surface area contributed by atoms with Crippen LogP contribution < -0.4 is 11.1 Å². The Labute approximate surface area is 95.8 Å². The molecule has 0 bridgehead atoms. The topological polar surface area (TPSA) is 96.7 Å². The number of aromatic amines is 1. The van der Waals surface area contributed by atoms with Crippen molar-refractivity contribution in [2.24, 2.45) is 0 Å². The van der Waals surface area contributed by atoms with E-state index in [1.54, 1.807) is 18.2 Å². The number of hydrogen-bond acceptors (Lipinski definition) is 4. The number of hydrogen-bond donors (Lipinski definition) is 3. The standard InChI is InChI=1S/C9H8ClN5O/c10-5-1-2-6(11)7(3-5)13-9(16)8-4-12-15-14-8/h1-4H,11H2,(H,13,16)(H,12,14,15). The minimum Gasteiger partial charge on any atom is -0.397 e. The number of rotatable bonds is 2. The molecular weight excluding hydrogens is 230 g/mol. The van der Waals surface area contributed by atoms with Crippen molar-refractivity contribution in [1.29, 1.82) is 0 Å². The maximum absolute atomic E-state index is 11.6. The maximum Gasteiger partial charge on any atom is 0.277 e. The molecule has 1 aromatic heterocycles. The molecule has 7 heteroatoms. The van der Waals surface area contributed by atoms with Crippen molar-refractivity contribution in [2.45, 2.75) is 0 Å². The Morgan fingerprint density at radius 3 is 3.00 bits per heavy atom. The summed E-state index contributed by atoms with van der Waals surface area (Å²) in [6, 6.07) is 4.82. The van der Waals surface area contributed by atoms with E-state index in [9.17, 15) is 4.79 Å². The van der Waals surface area contributed by atoms with Gasteiger partial charge in [-0.05, 0) is 18.2 Å². The van der Waals surface area contributed by atoms with Gasteiger partial charge in [0, 0.05) is 5.02 Å². The molecule has 0 radical (unpaired) electrons. The van der Waals surface area contributed by atoms with Crippen molar-refractivity contribution in [2.75, 3.05) is 11.1 Å². The Bertz CT molecular complexity index is 511. The molecule has 6 nitrogen and oxygen atoms in total. The number of nitrogens with two attached hydrogens (primary N) is 1. The molecule has 0 atom stereocenters. The average Bonchev–Trinajstić information content (AvgIpc) is 2.76. The van der Waals surface area contributed by atoms with E-state index in [0.29, 0.717) is 16.4 Å². The summed E-state index contributed by atoms with van der Waals surface area (Å²) in [5.74, 6) is -0.400. The molecule has 1 aromatic carbocycles. The number of aromatic nitrogens is 3. The molecule has 2 aromatic rings. The molecule has 2 rings (SSSR count). The zero-order chi connectivity index (χ0) is 11.5. The first kappa shape index (κ1) is 10.4. The van der Waals surface area contributed by atoms with Gasteiger partial charge >= 0.3 is 0 Å². The number of carbonyl (C=O) groups is 1. The highest BCUT2D eigenvalue weighted by Gasteiger charge is 2.10. The molecule has 1 amide bonds. The van der Waals surface area contributed by atoms with Crippen LogP contribution >= 0.6 is 11.6 Å². The zero-order valence-electron chi connectivity index (χ0n) is 8.07. The Morgan fingerprint density at radius 2 is 2.31 bits per heavy atom. The lowest BCUT2D eigenvalue weighted by atomic mass is 10.2. The fraction of sp³-hybridized carbons (Fsp3) is 0. The average molecular weight is 238 g/mol. The highest BCUT2D eigenvalue weighted by Crippen LogP contribution is 2.23. The third-order valence-corrected chi connectivity index (χ3v) is 2.15. The van der Waals surface area contributed by atoms with Crippen LogP contribution in [0.1, 0.15) is 10.5 Å². The third kappa shape index (κ3) is 2.12. The van der Waals surface area contributed by atoms with E-state index in [4.69, 9.17) is 17.3 Å². The lowest BCUT2D eigenvalue weighted by molar-refractivity contribution is 0.102. The van der Waals surface area contributed by atoms with Crippen molar-refractivity contribution in [3.8, 4) is 0 Å². The van der Waals surface area contributed by atoms with Crippen LogP contribution in [-0.4, -0.2) is 21.3 Å². The molecular formula is C9H8ClN5O. The lowest BCUT2D eigenvalue weighted by Crippen LogP contribution is -2.13. The monoisotopic (exact) mass is 237 g/mol. The second-order valence-corrected chi connectivity index (χ2v) is 3.48. The van der Waals surface area contributed by atoms with Crippen LogP contribution in [0.3, 0.4) is 0 Å². The Hall–Kier alpha value is -2.08. The number of carbonyl (C=O) groups excluding carboxylic acids is 1. The summed E-state index contributed by atoms with van der Waals surface area (Å²) in [5.41, 5.74) is 6.73. The zero-order valence-corrected chi connectivity index (χ0v) is 8.82. The van der Waals surface area contributed by atoms with Crippen molar-refractivity contribution < 1.29 is 4.79 Å². The van der Waals surface area contributed by atoms with Crippen molar-refractivity contribution >= 4 is 28.9 Å². The number of anilines is 2. The number of nitrogens with one attached hydrogen (secondary N) is 2. The van der Waals surface area contributed by atoms with Crippen molar-refractivity contribution in [3.63, 3.8) is 0 Å². The van der Waals surface area contributed by atoms with E-state index in [1.165, 1.54) is 6.20 Å². The van der Waals surface area contributed by atoms with Crippen LogP contribution in [-0.2, 0) is 0 Å². The van der Waals surface area contributed by atoms with Gasteiger partial charge in [-0.3, -0.25) is 4.79 Å². The van der Waals surface area contributed by atoms with Crippen LogP contribution in [0.25, 0.3) is 0 Å². The second-order valence-electron chi connectivity index (χ2n) is 3.04. The maximum atomic E-state index is 11.6. The third-order valence-electron chi connectivity index (χ3n) is 1.91. The highest BCUT2D eigenvalue weighted by atomic mass is 35.5. The predicted octanol–water partition coefficient (Wildman–Crippen LogP) is 1.29. The summed E-state index contributed by atoms with van der Waals surface area (Å²) in [6.07, 6.45) is 1.32. The lowest BCUT2D eigenvalue weighted by Gasteiger charge is -2.06. The molecule has 0 aliphatic heterocycles. The Kier molecular flexibility index (Phi) is 2.74. The minimum absolute atomic E-state index is 0.180. The van der Waals surface area contributed by atoms with Gasteiger partial charge in [-0.1, -0.05) is 11.6 Å². The van der Waals surface area contributed by atoms with Crippen LogP contribution in [0.4, 0.5) is 11.4 Å². The molecule has 0 saturated heterocycles. The van der Waals surface area contributed by atoms with Gasteiger partial charge in [0.05, 0.1) is 17.6 Å². The van der Waals surface area contributed by atoms with E-state index >= 15 is 0 Å². The van der Waals surface area contributed by atoms with Crippen LogP contribution in [0.15, 0.2) is 24.4 Å². The SMILES string of the molecule is Nc1ccc(Cl)cc1NC(=O)c1cn[nH]n1. The van der Waals surface area contributed by atoms with Gasteiger partial charge < -0.3 is 11.1 Å². The van der Waals surface area contributed by atoms with E-state index in [1.807, 2.05) is 0 Å². The van der Waals surface area contributed by atoms with E-state index < -0.39 is 5.91 Å². The quantitative estimate of drug-likeness (QED) is 0.686. The predicted molar refractivity (Wildman–Crippen MR) is 60.2 cm³/mol. The molecule has 0 saturated carbocycles. The van der Waals surface area contributed by atoms with Crippen LogP contribution in [0.2, 0.25) is 5.02 Å². The number of H-pyrrole nitrogens is 1. The summed E-state index contributed by atoms with van der Waals surface area (Å²) >= 11 is 5.78. The minimum atomic E-state index is -0.400. The fourth-order valence-electron chi connectivity index (χ4n) is 1.13. The first-order chi connectivity index (χ1) is 7.66. The molecule has 0 unspecified atom stereocenters. The molecule has 0 spiro atoms. The Balaban J connectivity index is 2.21. The molecule has 1 heterocycles. The fourth-order valence-corrected chi connectivity index (χ4v) is 1.31.